The van der Waals surface area contributed by atoms with Crippen LogP contribution in [0.1, 0.15) is 24.8 Å². The second kappa shape index (κ2) is 8.64. The Balaban J connectivity index is 0.00000220. The van der Waals surface area contributed by atoms with E-state index in [0.29, 0.717) is 32.4 Å². The highest BCUT2D eigenvalue weighted by atomic mass is 35.5. The summed E-state index contributed by atoms with van der Waals surface area (Å²) < 4.78 is 0. The van der Waals surface area contributed by atoms with Crippen LogP contribution in [0.4, 0.5) is 5.69 Å². The third-order valence-corrected chi connectivity index (χ3v) is 3.45. The summed E-state index contributed by atoms with van der Waals surface area (Å²) in [6, 6.07) is 8.01. The molecule has 1 aliphatic rings. The number of hydrogen-bond donors (Lipinski definition) is 2. The Morgan fingerprint density at radius 2 is 2.00 bits per heavy atom. The lowest BCUT2D eigenvalue weighted by Gasteiger charge is -2.17. The molecule has 0 atom stereocenters. The van der Waals surface area contributed by atoms with Crippen molar-refractivity contribution in [1.82, 2.24) is 5.32 Å². The summed E-state index contributed by atoms with van der Waals surface area (Å²) in [6.45, 7) is 1.65. The van der Waals surface area contributed by atoms with Crippen LogP contribution in [0.3, 0.4) is 0 Å². The number of halogens is 1. The molecule has 0 aliphatic carbocycles. The highest BCUT2D eigenvalue weighted by Gasteiger charge is 2.23. The zero-order chi connectivity index (χ0) is 14.4. The van der Waals surface area contributed by atoms with Crippen molar-refractivity contribution in [2.45, 2.75) is 25.7 Å². The second-order valence-corrected chi connectivity index (χ2v) is 4.92. The third kappa shape index (κ3) is 4.72. The van der Waals surface area contributed by atoms with Crippen LogP contribution in [0.2, 0.25) is 0 Å². The largest absolute Gasteiger partial charge is 0.356 e. The third-order valence-electron chi connectivity index (χ3n) is 3.45. The number of nitrogens with two attached hydrogens (primary N) is 1. The molecule has 116 valence electrons. The molecule has 2 amide bonds. The summed E-state index contributed by atoms with van der Waals surface area (Å²) in [6.07, 6.45) is 2.38. The summed E-state index contributed by atoms with van der Waals surface area (Å²) in [5.41, 5.74) is 7.55. The van der Waals surface area contributed by atoms with Crippen molar-refractivity contribution < 1.29 is 9.59 Å². The van der Waals surface area contributed by atoms with Gasteiger partial charge in [-0.15, -0.1) is 12.4 Å². The first-order chi connectivity index (χ1) is 9.72. The molecule has 3 N–H and O–H groups in total. The van der Waals surface area contributed by atoms with Gasteiger partial charge in [-0.05, 0) is 24.5 Å². The van der Waals surface area contributed by atoms with E-state index in [9.17, 15) is 9.59 Å². The van der Waals surface area contributed by atoms with E-state index in [1.54, 1.807) is 0 Å². The zero-order valence-electron chi connectivity index (χ0n) is 12.0. The highest BCUT2D eigenvalue weighted by Crippen LogP contribution is 2.27. The number of carbonyl (C=O) groups is 2. The fraction of sp³-hybridized carbons (Fsp3) is 0.467. The van der Waals surface area contributed by atoms with E-state index in [-0.39, 0.29) is 24.2 Å². The van der Waals surface area contributed by atoms with Crippen LogP contribution >= 0.6 is 12.4 Å². The van der Waals surface area contributed by atoms with Gasteiger partial charge in [0.2, 0.25) is 11.8 Å². The molecule has 0 spiro atoms. The molecule has 1 aromatic carbocycles. The topological polar surface area (TPSA) is 75.4 Å². The summed E-state index contributed by atoms with van der Waals surface area (Å²) in [4.78, 5) is 25.2. The van der Waals surface area contributed by atoms with E-state index in [1.807, 2.05) is 23.1 Å². The van der Waals surface area contributed by atoms with Gasteiger partial charge >= 0.3 is 0 Å². The number of amides is 2. The molecular weight excluding hydrogens is 290 g/mol. The molecule has 0 aromatic heterocycles. The van der Waals surface area contributed by atoms with Crippen LogP contribution in [0, 0.1) is 0 Å². The zero-order valence-corrected chi connectivity index (χ0v) is 12.8. The van der Waals surface area contributed by atoms with Gasteiger partial charge in [-0.3, -0.25) is 9.59 Å². The Bertz CT molecular complexity index is 494. The SMILES string of the molecule is Cl.NCCC(=O)NCCCC(=O)N1CCc2ccccc21. The number of nitrogens with zero attached hydrogens (tertiary/aromatic N) is 1. The molecule has 6 heteroatoms. The van der Waals surface area contributed by atoms with Gasteiger partial charge in [-0.2, -0.15) is 0 Å². The maximum atomic E-state index is 12.2. The molecule has 0 bridgehead atoms. The molecule has 0 unspecified atom stereocenters. The highest BCUT2D eigenvalue weighted by molar-refractivity contribution is 5.95. The summed E-state index contributed by atoms with van der Waals surface area (Å²) in [5, 5.41) is 2.76. The van der Waals surface area contributed by atoms with Crippen molar-refractivity contribution in [3.63, 3.8) is 0 Å². The molecule has 1 aliphatic heterocycles. The van der Waals surface area contributed by atoms with Crippen LogP contribution in [-0.4, -0.2) is 31.4 Å². The number of fused-ring (bicyclic) bond motifs is 1. The number of rotatable bonds is 6. The Hall–Kier alpha value is -1.59. The average Bonchev–Trinajstić information content (AvgIpc) is 2.87. The van der Waals surface area contributed by atoms with E-state index in [2.05, 4.69) is 11.4 Å². The number of para-hydroxylation sites is 1. The lowest BCUT2D eigenvalue weighted by atomic mass is 10.2. The average molecular weight is 312 g/mol. The van der Waals surface area contributed by atoms with Crippen molar-refractivity contribution in [2.24, 2.45) is 5.73 Å². The van der Waals surface area contributed by atoms with Gasteiger partial charge in [0.1, 0.15) is 0 Å². The molecule has 0 fully saturated rings. The van der Waals surface area contributed by atoms with Gasteiger partial charge in [-0.25, -0.2) is 0 Å². The molecule has 21 heavy (non-hydrogen) atoms. The Labute approximate surface area is 131 Å². The fourth-order valence-electron chi connectivity index (χ4n) is 2.42. The molecule has 0 saturated carbocycles. The van der Waals surface area contributed by atoms with Crippen molar-refractivity contribution in [1.29, 1.82) is 0 Å². The van der Waals surface area contributed by atoms with Gasteiger partial charge in [0.05, 0.1) is 0 Å². The summed E-state index contributed by atoms with van der Waals surface area (Å²) >= 11 is 0. The normalized spacial score (nSPS) is 12.5. The van der Waals surface area contributed by atoms with Crippen LogP contribution in [0.25, 0.3) is 0 Å². The first-order valence-electron chi connectivity index (χ1n) is 7.07. The number of carbonyl (C=O) groups excluding carboxylic acids is 2. The minimum absolute atomic E-state index is 0. The lowest BCUT2D eigenvalue weighted by Crippen LogP contribution is -2.31. The molecule has 1 heterocycles. The summed E-state index contributed by atoms with van der Waals surface area (Å²) in [7, 11) is 0. The smallest absolute Gasteiger partial charge is 0.227 e. The van der Waals surface area contributed by atoms with Crippen molar-refractivity contribution in [3.05, 3.63) is 29.8 Å². The first kappa shape index (κ1) is 17.5. The quantitative estimate of drug-likeness (QED) is 0.776. The maximum absolute atomic E-state index is 12.2. The van der Waals surface area contributed by atoms with E-state index in [0.717, 1.165) is 18.7 Å². The number of nitrogens with one attached hydrogen (secondary N) is 1. The predicted molar refractivity (Wildman–Crippen MR) is 85.7 cm³/mol. The number of benzene rings is 1. The predicted octanol–water partition coefficient (Wildman–Crippen LogP) is 1.24. The molecule has 5 nitrogen and oxygen atoms in total. The van der Waals surface area contributed by atoms with Crippen LogP contribution in [-0.2, 0) is 16.0 Å². The van der Waals surface area contributed by atoms with E-state index < -0.39 is 0 Å². The molecule has 1 aromatic rings. The first-order valence-corrected chi connectivity index (χ1v) is 7.07. The molecule has 0 radical (unpaired) electrons. The monoisotopic (exact) mass is 311 g/mol. The van der Waals surface area contributed by atoms with Gasteiger partial charge in [0.25, 0.3) is 0 Å². The minimum Gasteiger partial charge on any atom is -0.356 e. The van der Waals surface area contributed by atoms with Crippen molar-refractivity contribution in [2.75, 3.05) is 24.5 Å². The Morgan fingerprint density at radius 3 is 2.76 bits per heavy atom. The fourth-order valence-corrected chi connectivity index (χ4v) is 2.42. The molecule has 0 saturated heterocycles. The van der Waals surface area contributed by atoms with Crippen molar-refractivity contribution >= 4 is 29.9 Å². The van der Waals surface area contributed by atoms with E-state index in [1.165, 1.54) is 5.56 Å². The van der Waals surface area contributed by atoms with E-state index in [4.69, 9.17) is 5.73 Å². The van der Waals surface area contributed by atoms with E-state index >= 15 is 0 Å². The Kier molecular flexibility index (Phi) is 7.19. The molecular formula is C15H22ClN3O2. The number of hydrogen-bond acceptors (Lipinski definition) is 3. The Morgan fingerprint density at radius 1 is 1.24 bits per heavy atom. The minimum atomic E-state index is -0.0496. The standard InChI is InChI=1S/C15H21N3O2.ClH/c16-9-7-14(19)17-10-3-6-15(20)18-11-8-12-4-1-2-5-13(12)18;/h1-2,4-5H,3,6-11,16H2,(H,17,19);1H. The maximum Gasteiger partial charge on any atom is 0.227 e. The van der Waals surface area contributed by atoms with Gasteiger partial charge in [-0.1, -0.05) is 18.2 Å². The van der Waals surface area contributed by atoms with Gasteiger partial charge in [0.15, 0.2) is 0 Å². The van der Waals surface area contributed by atoms with Crippen molar-refractivity contribution in [3.8, 4) is 0 Å². The van der Waals surface area contributed by atoms with Crippen LogP contribution in [0.15, 0.2) is 24.3 Å². The van der Waals surface area contributed by atoms with Crippen LogP contribution in [0.5, 0.6) is 0 Å². The van der Waals surface area contributed by atoms with Gasteiger partial charge in [0, 0.05) is 38.2 Å². The lowest BCUT2D eigenvalue weighted by molar-refractivity contribution is -0.121. The number of anilines is 1. The van der Waals surface area contributed by atoms with Gasteiger partial charge < -0.3 is 16.0 Å². The summed E-state index contributed by atoms with van der Waals surface area (Å²) in [5.74, 6) is 0.0782. The second-order valence-electron chi connectivity index (χ2n) is 4.92. The molecule has 2 rings (SSSR count). The van der Waals surface area contributed by atoms with Crippen LogP contribution < -0.4 is 16.0 Å².